The second-order valence-electron chi connectivity index (χ2n) is 5.71. The van der Waals surface area contributed by atoms with Crippen LogP contribution in [0.15, 0.2) is 16.6 Å². The third kappa shape index (κ3) is 3.77. The Kier molecular flexibility index (Phi) is 4.88. The zero-order chi connectivity index (χ0) is 15.7. The van der Waals surface area contributed by atoms with E-state index in [1.54, 1.807) is 13.0 Å². The average Bonchev–Trinajstić information content (AvgIpc) is 2.29. The smallest absolute Gasteiger partial charge is 0.274 e. The summed E-state index contributed by atoms with van der Waals surface area (Å²) in [5.41, 5.74) is 6.27. The van der Waals surface area contributed by atoms with Crippen LogP contribution >= 0.6 is 15.9 Å². The highest BCUT2D eigenvalue weighted by molar-refractivity contribution is 9.10. The van der Waals surface area contributed by atoms with Crippen molar-refractivity contribution in [3.63, 3.8) is 0 Å². The van der Waals surface area contributed by atoms with E-state index in [2.05, 4.69) is 21.2 Å². The zero-order valence-electron chi connectivity index (χ0n) is 11.9. The first kappa shape index (κ1) is 16.6. The molecule has 7 heteroatoms. The van der Waals surface area contributed by atoms with Crippen LogP contribution in [0.2, 0.25) is 0 Å². The Morgan fingerprint density at radius 3 is 2.45 bits per heavy atom. The average molecular weight is 344 g/mol. The van der Waals surface area contributed by atoms with Crippen molar-refractivity contribution in [1.82, 2.24) is 0 Å². The number of aryl methyl sites for hydroxylation is 1. The fourth-order valence-electron chi connectivity index (χ4n) is 1.56. The SMILES string of the molecule is Cc1cc(Br)c(NC(=O)[C@H](N)C(C)(C)C)cc1[N+](=O)[O-]. The van der Waals surface area contributed by atoms with Crippen LogP contribution in [0.4, 0.5) is 11.4 Å². The Hall–Kier alpha value is -1.47. The highest BCUT2D eigenvalue weighted by Crippen LogP contribution is 2.31. The van der Waals surface area contributed by atoms with Crippen molar-refractivity contribution in [1.29, 1.82) is 0 Å². The normalized spacial score (nSPS) is 12.9. The number of hydrogen-bond donors (Lipinski definition) is 2. The minimum Gasteiger partial charge on any atom is -0.323 e. The highest BCUT2D eigenvalue weighted by atomic mass is 79.9. The minimum atomic E-state index is -0.713. The lowest BCUT2D eigenvalue weighted by atomic mass is 9.87. The molecular weight excluding hydrogens is 326 g/mol. The molecule has 0 bridgehead atoms. The molecule has 110 valence electrons. The molecule has 0 aliphatic heterocycles. The number of nitrogens with zero attached hydrogens (tertiary/aromatic N) is 1. The molecular formula is C13H18BrN3O3. The molecule has 6 nitrogen and oxygen atoms in total. The Balaban J connectivity index is 3.07. The Bertz CT molecular complexity index is 553. The number of nitro groups is 1. The predicted molar refractivity (Wildman–Crippen MR) is 81.6 cm³/mol. The van der Waals surface area contributed by atoms with Gasteiger partial charge in [-0.2, -0.15) is 0 Å². The summed E-state index contributed by atoms with van der Waals surface area (Å²) < 4.78 is 0.579. The van der Waals surface area contributed by atoms with Crippen molar-refractivity contribution in [2.24, 2.45) is 11.1 Å². The van der Waals surface area contributed by atoms with E-state index in [1.165, 1.54) is 6.07 Å². The van der Waals surface area contributed by atoms with Crippen molar-refractivity contribution < 1.29 is 9.72 Å². The first-order valence-electron chi connectivity index (χ1n) is 6.05. The number of rotatable bonds is 3. The van der Waals surface area contributed by atoms with Crippen LogP contribution in [-0.4, -0.2) is 16.9 Å². The van der Waals surface area contributed by atoms with Crippen molar-refractivity contribution in [3.05, 3.63) is 32.3 Å². The van der Waals surface area contributed by atoms with Gasteiger partial charge in [-0.1, -0.05) is 20.8 Å². The molecule has 0 aliphatic rings. The molecule has 0 fully saturated rings. The summed E-state index contributed by atoms with van der Waals surface area (Å²) in [7, 11) is 0. The van der Waals surface area contributed by atoms with Crippen molar-refractivity contribution in [3.8, 4) is 0 Å². The third-order valence-corrected chi connectivity index (χ3v) is 3.61. The molecule has 1 aromatic carbocycles. The fraction of sp³-hybridized carbons (Fsp3) is 0.462. The van der Waals surface area contributed by atoms with Gasteiger partial charge in [0.05, 0.1) is 16.7 Å². The van der Waals surface area contributed by atoms with E-state index < -0.39 is 16.4 Å². The molecule has 0 unspecified atom stereocenters. The summed E-state index contributed by atoms with van der Waals surface area (Å²) in [6, 6.07) is 2.21. The molecule has 0 aromatic heterocycles. The van der Waals surface area contributed by atoms with Crippen molar-refractivity contribution in [2.45, 2.75) is 33.7 Å². The minimum absolute atomic E-state index is 0.0483. The van der Waals surface area contributed by atoms with E-state index in [1.807, 2.05) is 20.8 Å². The number of nitrogens with two attached hydrogens (primary N) is 1. The van der Waals surface area contributed by atoms with Gasteiger partial charge >= 0.3 is 0 Å². The van der Waals surface area contributed by atoms with Crippen LogP contribution < -0.4 is 11.1 Å². The summed E-state index contributed by atoms with van der Waals surface area (Å²) in [4.78, 5) is 22.5. The number of nitrogens with one attached hydrogen (secondary N) is 1. The first-order valence-corrected chi connectivity index (χ1v) is 6.84. The number of nitro benzene ring substituents is 1. The molecule has 0 heterocycles. The Labute approximate surface area is 126 Å². The van der Waals surface area contributed by atoms with Gasteiger partial charge in [-0.25, -0.2) is 0 Å². The van der Waals surface area contributed by atoms with Crippen molar-refractivity contribution >= 4 is 33.2 Å². The van der Waals surface area contributed by atoms with Gasteiger partial charge in [-0.15, -0.1) is 0 Å². The second-order valence-corrected chi connectivity index (χ2v) is 6.56. The van der Waals surface area contributed by atoms with Crippen LogP contribution in [0.3, 0.4) is 0 Å². The number of halogens is 1. The third-order valence-electron chi connectivity index (χ3n) is 2.96. The lowest BCUT2D eigenvalue weighted by molar-refractivity contribution is -0.385. The Morgan fingerprint density at radius 2 is 2.00 bits per heavy atom. The summed E-state index contributed by atoms with van der Waals surface area (Å²) in [5.74, 6) is -0.378. The van der Waals surface area contributed by atoms with Crippen LogP contribution in [0.1, 0.15) is 26.3 Å². The molecule has 0 radical (unpaired) electrons. The summed E-state index contributed by atoms with van der Waals surface area (Å²) in [6.07, 6.45) is 0. The number of hydrogen-bond acceptors (Lipinski definition) is 4. The summed E-state index contributed by atoms with van der Waals surface area (Å²) in [5, 5.41) is 13.5. The number of benzene rings is 1. The predicted octanol–water partition coefficient (Wildman–Crippen LogP) is 2.98. The van der Waals surface area contributed by atoms with Gasteiger partial charge in [0.2, 0.25) is 5.91 Å². The topological polar surface area (TPSA) is 98.3 Å². The summed E-state index contributed by atoms with van der Waals surface area (Å²) in [6.45, 7) is 7.19. The van der Waals surface area contributed by atoms with Gasteiger partial charge in [0.15, 0.2) is 0 Å². The van der Waals surface area contributed by atoms with Crippen LogP contribution in [0, 0.1) is 22.5 Å². The quantitative estimate of drug-likeness (QED) is 0.650. The van der Waals surface area contributed by atoms with Crippen molar-refractivity contribution in [2.75, 3.05) is 5.32 Å². The molecule has 0 aliphatic carbocycles. The maximum Gasteiger partial charge on any atom is 0.274 e. The zero-order valence-corrected chi connectivity index (χ0v) is 13.4. The number of carbonyl (C=O) groups is 1. The maximum atomic E-state index is 12.1. The van der Waals surface area contributed by atoms with E-state index in [9.17, 15) is 14.9 Å². The molecule has 0 saturated heterocycles. The molecule has 1 amide bonds. The largest absolute Gasteiger partial charge is 0.323 e. The molecule has 0 saturated carbocycles. The monoisotopic (exact) mass is 343 g/mol. The molecule has 3 N–H and O–H groups in total. The van der Waals surface area contributed by atoms with Gasteiger partial charge < -0.3 is 11.1 Å². The second kappa shape index (κ2) is 5.88. The number of carbonyl (C=O) groups excluding carboxylic acids is 1. The molecule has 1 aromatic rings. The number of anilines is 1. The van der Waals surface area contributed by atoms with E-state index in [-0.39, 0.29) is 11.6 Å². The Morgan fingerprint density at radius 1 is 1.45 bits per heavy atom. The maximum absolute atomic E-state index is 12.1. The molecule has 1 atom stereocenters. The summed E-state index contributed by atoms with van der Waals surface area (Å²) >= 11 is 3.28. The van der Waals surface area contributed by atoms with Gasteiger partial charge in [-0.05, 0) is 34.3 Å². The van der Waals surface area contributed by atoms with E-state index in [0.717, 1.165) is 0 Å². The fourth-order valence-corrected chi connectivity index (χ4v) is 2.11. The molecule has 0 spiro atoms. The van der Waals surface area contributed by atoms with Gasteiger partial charge in [0.25, 0.3) is 5.69 Å². The van der Waals surface area contributed by atoms with Gasteiger partial charge in [0.1, 0.15) is 0 Å². The van der Waals surface area contributed by atoms with Crippen LogP contribution in [-0.2, 0) is 4.79 Å². The van der Waals surface area contributed by atoms with Crippen LogP contribution in [0.25, 0.3) is 0 Å². The van der Waals surface area contributed by atoms with E-state index in [4.69, 9.17) is 5.73 Å². The van der Waals surface area contributed by atoms with E-state index in [0.29, 0.717) is 15.7 Å². The lowest BCUT2D eigenvalue weighted by Gasteiger charge is -2.26. The molecule has 1 rings (SSSR count). The van der Waals surface area contributed by atoms with E-state index >= 15 is 0 Å². The number of amides is 1. The standard InChI is InChI=1S/C13H18BrN3O3/c1-7-5-8(14)9(6-10(7)17(19)20)16-12(18)11(15)13(2,3)4/h5-6,11H,15H2,1-4H3,(H,16,18)/t11-/m0/s1. The van der Waals surface area contributed by atoms with Gasteiger partial charge in [-0.3, -0.25) is 14.9 Å². The first-order chi connectivity index (χ1) is 9.04. The lowest BCUT2D eigenvalue weighted by Crippen LogP contribution is -2.45. The highest BCUT2D eigenvalue weighted by Gasteiger charge is 2.28. The molecule has 20 heavy (non-hydrogen) atoms. The van der Waals surface area contributed by atoms with Crippen LogP contribution in [0.5, 0.6) is 0 Å². The van der Waals surface area contributed by atoms with Gasteiger partial charge in [0, 0.05) is 16.1 Å².